The number of carbonyl (C=O) groups excluding carboxylic acids is 3. The van der Waals surface area contributed by atoms with Crippen molar-refractivity contribution in [2.24, 2.45) is 5.92 Å². The van der Waals surface area contributed by atoms with Crippen molar-refractivity contribution in [2.45, 2.75) is 64.4 Å². The number of methoxy groups -OCH3 is 2. The lowest BCUT2D eigenvalue weighted by molar-refractivity contribution is -0.146. The Balaban J connectivity index is 1.51. The molecule has 0 fully saturated rings. The smallest absolute Gasteiger partial charge is 0.408 e. The van der Waals surface area contributed by atoms with Crippen LogP contribution in [-0.2, 0) is 45.1 Å². The van der Waals surface area contributed by atoms with Gasteiger partial charge in [-0.1, -0.05) is 62.4 Å². The number of nitrogens with zero attached hydrogens (tertiary/aromatic N) is 1. The van der Waals surface area contributed by atoms with Gasteiger partial charge in [-0.3, -0.25) is 9.59 Å². The van der Waals surface area contributed by atoms with Gasteiger partial charge < -0.3 is 39.8 Å². The van der Waals surface area contributed by atoms with Gasteiger partial charge in [0.1, 0.15) is 36.2 Å². The molecule has 1 aliphatic rings. The highest BCUT2D eigenvalue weighted by Gasteiger charge is 2.41. The summed E-state index contributed by atoms with van der Waals surface area (Å²) in [7, 11) is 3.03. The van der Waals surface area contributed by atoms with Crippen LogP contribution in [0.4, 0.5) is 4.79 Å². The van der Waals surface area contributed by atoms with E-state index in [-0.39, 0.29) is 38.3 Å². The molecule has 3 amide bonds. The van der Waals surface area contributed by atoms with E-state index in [1.165, 1.54) is 19.1 Å². The average molecular weight is 671 g/mol. The molecule has 258 valence electrons. The van der Waals surface area contributed by atoms with Crippen molar-refractivity contribution in [3.63, 3.8) is 0 Å². The molecule has 1 aliphatic heterocycles. The summed E-state index contributed by atoms with van der Waals surface area (Å²) in [5, 5.41) is 16.2. The topological polar surface area (TPSA) is 159 Å². The molecule has 0 unspecified atom stereocenters. The second-order valence-corrected chi connectivity index (χ2v) is 12.5. The van der Waals surface area contributed by atoms with Crippen molar-refractivity contribution < 1.29 is 38.5 Å². The number of aliphatic carboxylic acids is 1. The van der Waals surface area contributed by atoms with E-state index in [0.717, 1.165) is 22.0 Å². The van der Waals surface area contributed by atoms with Gasteiger partial charge in [0.2, 0.25) is 11.8 Å². The average Bonchev–Trinajstić information content (AvgIpc) is 3.51. The quantitative estimate of drug-likeness (QED) is 0.161. The predicted molar refractivity (Wildman–Crippen MR) is 182 cm³/mol. The number of nitrogens with one attached hydrogen (secondary N) is 3. The van der Waals surface area contributed by atoms with Gasteiger partial charge in [0.25, 0.3) is 0 Å². The molecule has 49 heavy (non-hydrogen) atoms. The minimum atomic E-state index is -1.17. The summed E-state index contributed by atoms with van der Waals surface area (Å²) < 4.78 is 16.8. The molecule has 4 N–H and O–H groups in total. The Morgan fingerprint density at radius 1 is 0.898 bits per heavy atom. The van der Waals surface area contributed by atoms with Crippen molar-refractivity contribution >= 4 is 34.8 Å². The number of rotatable bonds is 13. The van der Waals surface area contributed by atoms with Gasteiger partial charge in [-0.25, -0.2) is 9.59 Å². The highest BCUT2D eigenvalue weighted by molar-refractivity contribution is 5.94. The van der Waals surface area contributed by atoms with Crippen LogP contribution in [0.5, 0.6) is 11.5 Å². The molecule has 4 aromatic rings. The molecular weight excluding hydrogens is 628 g/mol. The van der Waals surface area contributed by atoms with E-state index in [2.05, 4.69) is 15.6 Å². The van der Waals surface area contributed by atoms with Gasteiger partial charge in [-0.15, -0.1) is 0 Å². The number of ether oxygens (including phenoxy) is 3. The number of fused-ring (bicyclic) bond motifs is 2. The zero-order chi connectivity index (χ0) is 35.1. The first-order chi connectivity index (χ1) is 23.6. The van der Waals surface area contributed by atoms with Crippen LogP contribution in [-0.4, -0.2) is 71.2 Å². The molecule has 0 aliphatic carbocycles. The second kappa shape index (κ2) is 15.6. The SMILES string of the molecule is COc1ccc(OC)c2c1C[C@@H](C(=O)N[C@@H](CC(C)C)C(=O)O)N(C(=O)[C@H](Cc1c[nH]c3ccccc13)NC(=O)OCc1ccccc1)C2. The Hall–Kier alpha value is -5.52. The fraction of sp³-hybridized carbons (Fsp3) is 0.351. The number of aromatic nitrogens is 1. The molecule has 3 atom stereocenters. The molecule has 0 bridgehead atoms. The van der Waals surface area contributed by atoms with Crippen LogP contribution < -0.4 is 20.1 Å². The Morgan fingerprint density at radius 2 is 1.57 bits per heavy atom. The lowest BCUT2D eigenvalue weighted by Gasteiger charge is -2.39. The summed E-state index contributed by atoms with van der Waals surface area (Å²) >= 11 is 0. The van der Waals surface area contributed by atoms with Crippen molar-refractivity contribution in [2.75, 3.05) is 14.2 Å². The minimum absolute atomic E-state index is 0.00773. The van der Waals surface area contributed by atoms with Crippen LogP contribution in [0, 0.1) is 5.92 Å². The van der Waals surface area contributed by atoms with E-state index in [9.17, 15) is 24.3 Å². The minimum Gasteiger partial charge on any atom is -0.496 e. The van der Waals surface area contributed by atoms with E-state index in [1.807, 2.05) is 68.4 Å². The molecular formula is C37H42N4O8. The largest absolute Gasteiger partial charge is 0.496 e. The summed E-state index contributed by atoms with van der Waals surface area (Å²) in [6.45, 7) is 3.67. The Morgan fingerprint density at radius 3 is 2.24 bits per heavy atom. The zero-order valence-electron chi connectivity index (χ0n) is 28.0. The van der Waals surface area contributed by atoms with Crippen molar-refractivity contribution in [1.29, 1.82) is 0 Å². The summed E-state index contributed by atoms with van der Waals surface area (Å²) in [6.07, 6.45) is 1.30. The molecule has 0 saturated carbocycles. The lowest BCUT2D eigenvalue weighted by atomic mass is 9.90. The van der Waals surface area contributed by atoms with Crippen LogP contribution in [0.3, 0.4) is 0 Å². The van der Waals surface area contributed by atoms with Crippen molar-refractivity contribution in [3.05, 3.63) is 95.2 Å². The standard InChI is InChI=1S/C37H42N4O8/c1-22(2)16-30(36(44)45)39-34(42)31-18-26-27(33(48-4)15-14-32(26)47-3)20-41(31)35(43)29(17-24-19-38-28-13-9-8-12-25(24)28)40-37(46)49-21-23-10-6-5-7-11-23/h5-15,19,22,29-31,38H,16-18,20-21H2,1-4H3,(H,39,42)(H,40,46)(H,44,45)/t29-,30-,31-/m0/s1. The van der Waals surface area contributed by atoms with Gasteiger partial charge in [0.05, 0.1) is 20.8 Å². The van der Waals surface area contributed by atoms with Gasteiger partial charge in [-0.05, 0) is 41.7 Å². The Labute approximate surface area is 284 Å². The number of carbonyl (C=O) groups is 4. The third-order valence-corrected chi connectivity index (χ3v) is 8.70. The number of hydrogen-bond acceptors (Lipinski definition) is 7. The summed E-state index contributed by atoms with van der Waals surface area (Å²) in [5.41, 5.74) is 3.73. The summed E-state index contributed by atoms with van der Waals surface area (Å²) in [4.78, 5) is 58.7. The number of H-pyrrole nitrogens is 1. The van der Waals surface area contributed by atoms with E-state index in [0.29, 0.717) is 22.6 Å². The number of carboxylic acid groups (broad SMARTS) is 1. The number of amides is 3. The summed E-state index contributed by atoms with van der Waals surface area (Å²) in [6, 6.07) is 16.8. The maximum Gasteiger partial charge on any atom is 0.408 e. The van der Waals surface area contributed by atoms with E-state index < -0.39 is 42.0 Å². The molecule has 5 rings (SSSR count). The Bertz CT molecular complexity index is 1800. The van der Waals surface area contributed by atoms with E-state index in [4.69, 9.17) is 14.2 Å². The zero-order valence-corrected chi connectivity index (χ0v) is 28.0. The maximum atomic E-state index is 14.7. The molecule has 12 heteroatoms. The van der Waals surface area contributed by atoms with Crippen LogP contribution >= 0.6 is 0 Å². The van der Waals surface area contributed by atoms with Crippen molar-refractivity contribution in [1.82, 2.24) is 20.5 Å². The summed E-state index contributed by atoms with van der Waals surface area (Å²) in [5.74, 6) is -1.35. The number of benzene rings is 3. The number of aromatic amines is 1. The number of alkyl carbamates (subject to hydrolysis) is 1. The highest BCUT2D eigenvalue weighted by atomic mass is 16.5. The third kappa shape index (κ3) is 8.14. The molecule has 0 spiro atoms. The van der Waals surface area contributed by atoms with E-state index >= 15 is 0 Å². The van der Waals surface area contributed by atoms with Crippen LogP contribution in [0.15, 0.2) is 72.9 Å². The maximum absolute atomic E-state index is 14.7. The van der Waals surface area contributed by atoms with Crippen LogP contribution in [0.25, 0.3) is 10.9 Å². The predicted octanol–water partition coefficient (Wildman–Crippen LogP) is 4.59. The van der Waals surface area contributed by atoms with Crippen molar-refractivity contribution in [3.8, 4) is 11.5 Å². The van der Waals surface area contributed by atoms with Gasteiger partial charge in [0.15, 0.2) is 0 Å². The van der Waals surface area contributed by atoms with Gasteiger partial charge >= 0.3 is 12.1 Å². The second-order valence-electron chi connectivity index (χ2n) is 12.5. The Kier molecular flexibility index (Phi) is 11.1. The fourth-order valence-electron chi connectivity index (χ4n) is 6.27. The number of para-hydroxylation sites is 1. The van der Waals surface area contributed by atoms with Crippen LogP contribution in [0.1, 0.15) is 42.5 Å². The normalized spacial score (nSPS) is 15.2. The third-order valence-electron chi connectivity index (χ3n) is 8.70. The number of carboxylic acids is 1. The monoisotopic (exact) mass is 670 g/mol. The molecule has 2 heterocycles. The van der Waals surface area contributed by atoms with Gasteiger partial charge in [0, 0.05) is 41.1 Å². The highest BCUT2D eigenvalue weighted by Crippen LogP contribution is 2.37. The fourth-order valence-corrected chi connectivity index (χ4v) is 6.27. The molecule has 12 nitrogen and oxygen atoms in total. The molecule has 0 radical (unpaired) electrons. The van der Waals surface area contributed by atoms with Gasteiger partial charge in [-0.2, -0.15) is 0 Å². The first-order valence-electron chi connectivity index (χ1n) is 16.2. The van der Waals surface area contributed by atoms with Crippen LogP contribution in [0.2, 0.25) is 0 Å². The first-order valence-corrected chi connectivity index (χ1v) is 16.2. The molecule has 3 aromatic carbocycles. The molecule has 1 aromatic heterocycles. The first kappa shape index (κ1) is 34.8. The number of hydrogen-bond donors (Lipinski definition) is 4. The van der Waals surface area contributed by atoms with E-state index in [1.54, 1.807) is 18.3 Å². The lowest BCUT2D eigenvalue weighted by Crippen LogP contribution is -2.59. The molecule has 0 saturated heterocycles.